The lowest BCUT2D eigenvalue weighted by molar-refractivity contribution is -0.132. The number of carbonyl (C=O) groups is 2. The highest BCUT2D eigenvalue weighted by molar-refractivity contribution is 5.90. The van der Waals surface area contributed by atoms with Crippen LogP contribution in [0.15, 0.2) is 6.33 Å². The van der Waals surface area contributed by atoms with Gasteiger partial charge in [0.1, 0.15) is 6.33 Å². The van der Waals surface area contributed by atoms with E-state index < -0.39 is 0 Å². The summed E-state index contributed by atoms with van der Waals surface area (Å²) >= 11 is 0. The molecule has 0 bridgehead atoms. The zero-order chi connectivity index (χ0) is 11.5. The van der Waals surface area contributed by atoms with E-state index in [2.05, 4.69) is 20.5 Å². The molecule has 1 aliphatic rings. The maximum absolute atomic E-state index is 11.6. The first kappa shape index (κ1) is 10.6. The smallest absolute Gasteiger partial charge is 0.288 e. The lowest BCUT2D eigenvalue weighted by Crippen LogP contribution is -2.48. The first-order valence-electron chi connectivity index (χ1n) is 5.07. The topological polar surface area (TPSA) is 91.0 Å². The second-order valence-electron chi connectivity index (χ2n) is 3.82. The Bertz CT molecular complexity index is 389. The number of aromatic nitrogens is 3. The van der Waals surface area contributed by atoms with Crippen molar-refractivity contribution in [1.29, 1.82) is 0 Å². The molecule has 1 aromatic heterocycles. The van der Waals surface area contributed by atoms with E-state index in [4.69, 9.17) is 0 Å². The molecule has 0 spiro atoms. The molecule has 1 fully saturated rings. The van der Waals surface area contributed by atoms with E-state index in [1.54, 1.807) is 11.9 Å². The SMILES string of the molecule is CN1CC(NC(=O)c2ncn[nH]2)CCC1=O. The van der Waals surface area contributed by atoms with Crippen molar-refractivity contribution in [1.82, 2.24) is 25.4 Å². The largest absolute Gasteiger partial charge is 0.345 e. The summed E-state index contributed by atoms with van der Waals surface area (Å²) in [5.41, 5.74) is 0. The Morgan fingerprint density at radius 1 is 1.69 bits per heavy atom. The van der Waals surface area contributed by atoms with E-state index in [0.717, 1.165) is 0 Å². The highest BCUT2D eigenvalue weighted by atomic mass is 16.2. The lowest BCUT2D eigenvalue weighted by Gasteiger charge is -2.29. The summed E-state index contributed by atoms with van der Waals surface area (Å²) in [6, 6.07) is -0.0136. The van der Waals surface area contributed by atoms with E-state index >= 15 is 0 Å². The van der Waals surface area contributed by atoms with Crippen molar-refractivity contribution in [2.75, 3.05) is 13.6 Å². The molecule has 1 saturated heterocycles. The van der Waals surface area contributed by atoms with E-state index in [9.17, 15) is 9.59 Å². The average Bonchev–Trinajstić information content (AvgIpc) is 2.77. The maximum Gasteiger partial charge on any atom is 0.288 e. The van der Waals surface area contributed by atoms with Gasteiger partial charge in [-0.15, -0.1) is 0 Å². The highest BCUT2D eigenvalue weighted by Crippen LogP contribution is 2.09. The van der Waals surface area contributed by atoms with Crippen LogP contribution in [-0.2, 0) is 4.79 Å². The molecule has 16 heavy (non-hydrogen) atoms. The molecule has 0 aliphatic carbocycles. The van der Waals surface area contributed by atoms with Gasteiger partial charge >= 0.3 is 0 Å². The molecule has 7 heteroatoms. The highest BCUT2D eigenvalue weighted by Gasteiger charge is 2.24. The molecule has 2 N–H and O–H groups in total. The summed E-state index contributed by atoms with van der Waals surface area (Å²) in [7, 11) is 1.73. The Hall–Kier alpha value is -1.92. The first-order chi connectivity index (χ1) is 7.66. The normalized spacial score (nSPS) is 20.9. The minimum absolute atomic E-state index is 0.0136. The Morgan fingerprint density at radius 3 is 3.12 bits per heavy atom. The molecule has 1 aliphatic heterocycles. The van der Waals surface area contributed by atoms with Crippen LogP contribution < -0.4 is 5.32 Å². The molecular formula is C9H13N5O2. The van der Waals surface area contributed by atoms with Crippen molar-refractivity contribution in [2.45, 2.75) is 18.9 Å². The fraction of sp³-hybridized carbons (Fsp3) is 0.556. The second kappa shape index (κ2) is 4.30. The van der Waals surface area contributed by atoms with E-state index in [1.807, 2.05) is 0 Å². The van der Waals surface area contributed by atoms with Crippen LogP contribution in [-0.4, -0.2) is 51.5 Å². The van der Waals surface area contributed by atoms with Crippen molar-refractivity contribution in [3.8, 4) is 0 Å². The summed E-state index contributed by atoms with van der Waals surface area (Å²) in [4.78, 5) is 28.2. The van der Waals surface area contributed by atoms with E-state index in [0.29, 0.717) is 19.4 Å². The van der Waals surface area contributed by atoms with Gasteiger partial charge in [-0.3, -0.25) is 14.7 Å². The molecule has 2 rings (SSSR count). The number of hydrogen-bond acceptors (Lipinski definition) is 4. The van der Waals surface area contributed by atoms with Gasteiger partial charge < -0.3 is 10.2 Å². The summed E-state index contributed by atoms with van der Waals surface area (Å²) in [5.74, 6) is 0.0231. The van der Waals surface area contributed by atoms with Gasteiger partial charge in [0.2, 0.25) is 11.7 Å². The summed E-state index contributed by atoms with van der Waals surface area (Å²) < 4.78 is 0. The fourth-order valence-electron chi connectivity index (χ4n) is 1.70. The van der Waals surface area contributed by atoms with Crippen molar-refractivity contribution in [3.05, 3.63) is 12.2 Å². The van der Waals surface area contributed by atoms with Gasteiger partial charge in [-0.05, 0) is 6.42 Å². The number of amides is 2. The molecule has 0 aromatic carbocycles. The number of rotatable bonds is 2. The van der Waals surface area contributed by atoms with Gasteiger partial charge in [-0.1, -0.05) is 0 Å². The number of nitrogens with one attached hydrogen (secondary N) is 2. The summed E-state index contributed by atoms with van der Waals surface area (Å²) in [6.07, 6.45) is 2.42. The molecule has 1 unspecified atom stereocenters. The van der Waals surface area contributed by atoms with Gasteiger partial charge in [0.15, 0.2) is 0 Å². The van der Waals surface area contributed by atoms with Crippen LogP contribution >= 0.6 is 0 Å². The molecule has 1 aromatic rings. The summed E-state index contributed by atoms with van der Waals surface area (Å²) in [5, 5.41) is 8.90. The molecule has 86 valence electrons. The number of nitrogens with zero attached hydrogens (tertiary/aromatic N) is 3. The van der Waals surface area contributed by atoms with Crippen molar-refractivity contribution >= 4 is 11.8 Å². The van der Waals surface area contributed by atoms with Gasteiger partial charge in [-0.25, -0.2) is 4.98 Å². The molecule has 0 saturated carbocycles. The van der Waals surface area contributed by atoms with Gasteiger partial charge in [0, 0.05) is 26.1 Å². The number of likely N-dealkylation sites (N-methyl/N-ethyl adjacent to an activating group) is 1. The second-order valence-corrected chi connectivity index (χ2v) is 3.82. The third-order valence-electron chi connectivity index (χ3n) is 2.59. The Kier molecular flexibility index (Phi) is 2.84. The molecule has 7 nitrogen and oxygen atoms in total. The van der Waals surface area contributed by atoms with Crippen LogP contribution in [0.25, 0.3) is 0 Å². The minimum atomic E-state index is -0.287. The van der Waals surface area contributed by atoms with Gasteiger partial charge in [0.05, 0.1) is 0 Å². The van der Waals surface area contributed by atoms with Crippen LogP contribution in [0.3, 0.4) is 0 Å². The van der Waals surface area contributed by atoms with Crippen molar-refractivity contribution in [3.63, 3.8) is 0 Å². The van der Waals surface area contributed by atoms with Crippen molar-refractivity contribution in [2.24, 2.45) is 0 Å². The standard InChI is InChI=1S/C9H13N5O2/c1-14-4-6(2-3-7(14)15)12-9(16)8-10-5-11-13-8/h5-6H,2-4H2,1H3,(H,12,16)(H,10,11,13). The number of piperidine rings is 1. The van der Waals surface area contributed by atoms with Crippen LogP contribution in [0.1, 0.15) is 23.5 Å². The van der Waals surface area contributed by atoms with Crippen LogP contribution in [0.4, 0.5) is 0 Å². The predicted octanol–water partition coefficient (Wildman–Crippen LogP) is -0.845. The van der Waals surface area contributed by atoms with Crippen molar-refractivity contribution < 1.29 is 9.59 Å². The lowest BCUT2D eigenvalue weighted by atomic mass is 10.1. The monoisotopic (exact) mass is 223 g/mol. The van der Waals surface area contributed by atoms with Gasteiger partial charge in [-0.2, -0.15) is 5.10 Å². The quantitative estimate of drug-likeness (QED) is 0.683. The fourth-order valence-corrected chi connectivity index (χ4v) is 1.70. The molecule has 1 atom stereocenters. The zero-order valence-electron chi connectivity index (χ0n) is 8.93. The van der Waals surface area contributed by atoms with Crippen LogP contribution in [0.2, 0.25) is 0 Å². The zero-order valence-corrected chi connectivity index (χ0v) is 8.93. The number of likely N-dealkylation sites (tertiary alicyclic amines) is 1. The summed E-state index contributed by atoms with van der Waals surface area (Å²) in [6.45, 7) is 0.540. The third-order valence-corrected chi connectivity index (χ3v) is 2.59. The van der Waals surface area contributed by atoms with Crippen LogP contribution in [0.5, 0.6) is 0 Å². The van der Waals surface area contributed by atoms with Gasteiger partial charge in [0.25, 0.3) is 5.91 Å². The number of H-pyrrole nitrogens is 1. The number of hydrogen-bond donors (Lipinski definition) is 2. The first-order valence-corrected chi connectivity index (χ1v) is 5.07. The Balaban J connectivity index is 1.91. The number of carbonyl (C=O) groups excluding carboxylic acids is 2. The number of aromatic amines is 1. The Labute approximate surface area is 92.2 Å². The molecule has 2 heterocycles. The minimum Gasteiger partial charge on any atom is -0.345 e. The predicted molar refractivity (Wildman–Crippen MR) is 54.5 cm³/mol. The Morgan fingerprint density at radius 2 is 2.50 bits per heavy atom. The average molecular weight is 223 g/mol. The molecule has 0 radical (unpaired) electrons. The van der Waals surface area contributed by atoms with Crippen LogP contribution in [0, 0.1) is 0 Å². The molecule has 2 amide bonds. The third kappa shape index (κ3) is 2.18. The van der Waals surface area contributed by atoms with E-state index in [-0.39, 0.29) is 23.7 Å². The maximum atomic E-state index is 11.6. The molecular weight excluding hydrogens is 210 g/mol. The van der Waals surface area contributed by atoms with E-state index in [1.165, 1.54) is 6.33 Å².